The number of esters is 3. The standard InChI is InChI=1S/C77H142O6/c1-4-7-10-13-16-19-22-25-27-29-31-33-35-36-37-38-39-40-42-43-45-47-49-52-55-58-61-64-67-70-76(79)82-73-74(72-81-75(78)69-66-63-60-57-54-51-24-21-18-15-12-9-6-3)83-77(80)71-68-65-62-59-56-53-50-48-46-44-41-34-32-30-28-26-23-20-17-14-11-8-5-2/h12,15,21,24,29-32,74H,4-11,13-14,16-20,22-23,25-28,33-73H2,1-3H3/b15-12-,24-21-,31-29-,32-30-. The number of carbonyl (C=O) groups is 3. The second kappa shape index (κ2) is 71.8. The first kappa shape index (κ1) is 80.4. The van der Waals surface area contributed by atoms with Crippen molar-refractivity contribution in [2.45, 2.75) is 412 Å². The van der Waals surface area contributed by atoms with E-state index < -0.39 is 6.10 Å². The molecule has 0 heterocycles. The van der Waals surface area contributed by atoms with Gasteiger partial charge in [0.2, 0.25) is 0 Å². The average molecular weight is 1160 g/mol. The summed E-state index contributed by atoms with van der Waals surface area (Å²) in [7, 11) is 0. The maximum Gasteiger partial charge on any atom is 0.306 e. The molecule has 0 saturated carbocycles. The lowest BCUT2D eigenvalue weighted by molar-refractivity contribution is -0.167. The molecule has 0 aliphatic carbocycles. The highest BCUT2D eigenvalue weighted by molar-refractivity contribution is 5.71. The van der Waals surface area contributed by atoms with E-state index in [9.17, 15) is 14.4 Å². The fourth-order valence-corrected chi connectivity index (χ4v) is 11.2. The molecule has 486 valence electrons. The molecule has 0 amide bonds. The molecule has 0 saturated heterocycles. The Kier molecular flexibility index (Phi) is 69.6. The summed E-state index contributed by atoms with van der Waals surface area (Å²) in [6.07, 6.45) is 91.6. The number of hydrogen-bond donors (Lipinski definition) is 0. The van der Waals surface area contributed by atoms with Crippen LogP contribution in [0.5, 0.6) is 0 Å². The van der Waals surface area contributed by atoms with Crippen molar-refractivity contribution in [2.24, 2.45) is 0 Å². The fraction of sp³-hybridized carbons (Fsp3) is 0.857. The summed E-state index contributed by atoms with van der Waals surface area (Å²) in [5.41, 5.74) is 0. The lowest BCUT2D eigenvalue weighted by Gasteiger charge is -2.18. The number of ether oxygens (including phenoxy) is 3. The molecule has 0 rings (SSSR count). The minimum Gasteiger partial charge on any atom is -0.462 e. The summed E-state index contributed by atoms with van der Waals surface area (Å²) < 4.78 is 17.0. The molecule has 0 N–H and O–H groups in total. The first-order valence-corrected chi connectivity index (χ1v) is 37.1. The van der Waals surface area contributed by atoms with Crippen molar-refractivity contribution in [3.63, 3.8) is 0 Å². The Balaban J connectivity index is 4.19. The van der Waals surface area contributed by atoms with Crippen LogP contribution in [-0.4, -0.2) is 37.2 Å². The Bertz CT molecular complexity index is 1430. The van der Waals surface area contributed by atoms with Crippen molar-refractivity contribution in [1.29, 1.82) is 0 Å². The van der Waals surface area contributed by atoms with E-state index in [1.54, 1.807) is 0 Å². The summed E-state index contributed by atoms with van der Waals surface area (Å²) in [6.45, 7) is 6.63. The third-order valence-corrected chi connectivity index (χ3v) is 16.8. The second-order valence-electron chi connectivity index (χ2n) is 25.2. The van der Waals surface area contributed by atoms with E-state index in [1.165, 1.54) is 283 Å². The van der Waals surface area contributed by atoms with Gasteiger partial charge in [-0.15, -0.1) is 0 Å². The van der Waals surface area contributed by atoms with E-state index in [0.29, 0.717) is 19.3 Å². The lowest BCUT2D eigenvalue weighted by Crippen LogP contribution is -2.30. The van der Waals surface area contributed by atoms with E-state index in [-0.39, 0.29) is 31.1 Å². The predicted molar refractivity (Wildman–Crippen MR) is 362 cm³/mol. The van der Waals surface area contributed by atoms with Gasteiger partial charge in [-0.2, -0.15) is 0 Å². The van der Waals surface area contributed by atoms with E-state index in [0.717, 1.165) is 83.5 Å². The quantitative estimate of drug-likeness (QED) is 0.0261. The molecule has 0 aliphatic heterocycles. The van der Waals surface area contributed by atoms with Gasteiger partial charge in [0.25, 0.3) is 0 Å². The summed E-state index contributed by atoms with van der Waals surface area (Å²) in [6, 6.07) is 0. The highest BCUT2D eigenvalue weighted by atomic mass is 16.6. The van der Waals surface area contributed by atoms with Gasteiger partial charge < -0.3 is 14.2 Å². The third kappa shape index (κ3) is 70.0. The van der Waals surface area contributed by atoms with Crippen LogP contribution in [0.15, 0.2) is 48.6 Å². The summed E-state index contributed by atoms with van der Waals surface area (Å²) in [5.74, 6) is -0.863. The molecule has 6 heteroatoms. The maximum atomic E-state index is 13.0. The smallest absolute Gasteiger partial charge is 0.306 e. The SMILES string of the molecule is CCC/C=C\C/C=C\CCCCCCCC(=O)OCC(COC(=O)CCCCCCCCCCCCCCCCCCC/C=C\CCCCCCCCCC)OC(=O)CCCCCCCCCCCCC/C=C\CCCCCCCCCC. The zero-order valence-electron chi connectivity index (χ0n) is 56.0. The van der Waals surface area contributed by atoms with Gasteiger partial charge in [0, 0.05) is 19.3 Å². The van der Waals surface area contributed by atoms with E-state index in [4.69, 9.17) is 14.2 Å². The van der Waals surface area contributed by atoms with Gasteiger partial charge >= 0.3 is 17.9 Å². The molecule has 0 aromatic carbocycles. The summed E-state index contributed by atoms with van der Waals surface area (Å²) in [5, 5.41) is 0. The van der Waals surface area contributed by atoms with Crippen LogP contribution in [0.25, 0.3) is 0 Å². The lowest BCUT2D eigenvalue weighted by atomic mass is 10.0. The first-order valence-electron chi connectivity index (χ1n) is 37.1. The molecule has 0 aromatic heterocycles. The minimum absolute atomic E-state index is 0.0739. The molecule has 0 spiro atoms. The van der Waals surface area contributed by atoms with Gasteiger partial charge in [-0.25, -0.2) is 0 Å². The van der Waals surface area contributed by atoms with Gasteiger partial charge in [-0.3, -0.25) is 14.4 Å². The zero-order chi connectivity index (χ0) is 59.9. The van der Waals surface area contributed by atoms with Crippen LogP contribution in [0.1, 0.15) is 406 Å². The normalized spacial score (nSPS) is 12.3. The molecule has 0 fully saturated rings. The maximum absolute atomic E-state index is 13.0. The number of carbonyl (C=O) groups excluding carboxylic acids is 3. The van der Waals surface area contributed by atoms with Crippen LogP contribution in [-0.2, 0) is 28.6 Å². The Hall–Kier alpha value is -2.63. The topological polar surface area (TPSA) is 78.9 Å². The second-order valence-corrected chi connectivity index (χ2v) is 25.2. The van der Waals surface area contributed by atoms with Crippen LogP contribution in [0.2, 0.25) is 0 Å². The van der Waals surface area contributed by atoms with Gasteiger partial charge in [0.05, 0.1) is 0 Å². The van der Waals surface area contributed by atoms with E-state index in [1.807, 2.05) is 0 Å². The fourth-order valence-electron chi connectivity index (χ4n) is 11.2. The monoisotopic (exact) mass is 1160 g/mol. The van der Waals surface area contributed by atoms with Crippen molar-refractivity contribution in [3.8, 4) is 0 Å². The molecule has 0 radical (unpaired) electrons. The number of allylic oxidation sites excluding steroid dienone is 8. The van der Waals surface area contributed by atoms with Crippen molar-refractivity contribution >= 4 is 17.9 Å². The number of hydrogen-bond acceptors (Lipinski definition) is 6. The van der Waals surface area contributed by atoms with Gasteiger partial charge in [0.1, 0.15) is 13.2 Å². The molecule has 1 unspecified atom stereocenters. The van der Waals surface area contributed by atoms with Crippen molar-refractivity contribution in [1.82, 2.24) is 0 Å². The van der Waals surface area contributed by atoms with Gasteiger partial charge in [0.15, 0.2) is 6.10 Å². The van der Waals surface area contributed by atoms with E-state index in [2.05, 4.69) is 69.4 Å². The first-order chi connectivity index (χ1) is 41.0. The summed E-state index contributed by atoms with van der Waals surface area (Å²) >= 11 is 0. The van der Waals surface area contributed by atoms with Crippen LogP contribution in [0.3, 0.4) is 0 Å². The molecule has 83 heavy (non-hydrogen) atoms. The van der Waals surface area contributed by atoms with Crippen LogP contribution >= 0.6 is 0 Å². The minimum atomic E-state index is -0.779. The Morgan fingerprint density at radius 3 is 0.723 bits per heavy atom. The van der Waals surface area contributed by atoms with Crippen molar-refractivity contribution in [3.05, 3.63) is 48.6 Å². The molecule has 0 bridgehead atoms. The van der Waals surface area contributed by atoms with Gasteiger partial charge in [-0.1, -0.05) is 339 Å². The van der Waals surface area contributed by atoms with Gasteiger partial charge in [-0.05, 0) is 96.3 Å². The highest BCUT2D eigenvalue weighted by Gasteiger charge is 2.19. The molecule has 6 nitrogen and oxygen atoms in total. The molecule has 1 atom stereocenters. The largest absolute Gasteiger partial charge is 0.462 e. The molecule has 0 aromatic rings. The van der Waals surface area contributed by atoms with Crippen molar-refractivity contribution < 1.29 is 28.6 Å². The van der Waals surface area contributed by atoms with Crippen molar-refractivity contribution in [2.75, 3.05) is 13.2 Å². The third-order valence-electron chi connectivity index (χ3n) is 16.8. The predicted octanol–water partition coefficient (Wildman–Crippen LogP) is 25.7. The Morgan fingerprint density at radius 2 is 0.458 bits per heavy atom. The van der Waals surface area contributed by atoms with Crippen LogP contribution < -0.4 is 0 Å². The zero-order valence-corrected chi connectivity index (χ0v) is 56.0. The highest BCUT2D eigenvalue weighted by Crippen LogP contribution is 2.18. The van der Waals surface area contributed by atoms with Crippen LogP contribution in [0.4, 0.5) is 0 Å². The number of rotatable bonds is 69. The number of unbranched alkanes of at least 4 members (excludes halogenated alkanes) is 50. The summed E-state index contributed by atoms with van der Waals surface area (Å²) in [4.78, 5) is 38.5. The van der Waals surface area contributed by atoms with E-state index >= 15 is 0 Å². The Labute approximate surface area is 518 Å². The average Bonchev–Trinajstić information content (AvgIpc) is 3.49. The molecular weight excluding hydrogens is 1020 g/mol. The van der Waals surface area contributed by atoms with Crippen LogP contribution in [0, 0.1) is 0 Å². The molecular formula is C77H142O6. The molecule has 0 aliphatic rings. The Morgan fingerprint density at radius 1 is 0.241 bits per heavy atom.